The van der Waals surface area contributed by atoms with E-state index in [9.17, 15) is 0 Å². The standard InChI is InChI=1S/C14H20ClN3O/c1-10(2)19-9-8-18-13(6-7-15)17-12-5-4-11(3)16-14(12)18/h4-5,10H,6-9H2,1-3H3. The lowest BCUT2D eigenvalue weighted by Crippen LogP contribution is -2.13. The van der Waals surface area contributed by atoms with Gasteiger partial charge in [0, 0.05) is 24.5 Å². The molecule has 0 N–H and O–H groups in total. The molecule has 2 heterocycles. The minimum atomic E-state index is 0.237. The SMILES string of the molecule is Cc1ccc2nc(CCCl)n(CCOC(C)C)c2n1. The van der Waals surface area contributed by atoms with E-state index in [0.29, 0.717) is 12.5 Å². The van der Waals surface area contributed by atoms with Gasteiger partial charge in [0.1, 0.15) is 11.3 Å². The summed E-state index contributed by atoms with van der Waals surface area (Å²) in [6, 6.07) is 3.99. The van der Waals surface area contributed by atoms with Crippen LogP contribution in [0.3, 0.4) is 0 Å². The summed E-state index contributed by atoms with van der Waals surface area (Å²) in [5.41, 5.74) is 2.85. The summed E-state index contributed by atoms with van der Waals surface area (Å²) >= 11 is 5.85. The summed E-state index contributed by atoms with van der Waals surface area (Å²) in [4.78, 5) is 9.18. The lowest BCUT2D eigenvalue weighted by Gasteiger charge is -2.10. The third kappa shape index (κ3) is 3.45. The minimum absolute atomic E-state index is 0.237. The van der Waals surface area contributed by atoms with Crippen LogP contribution in [0.2, 0.25) is 0 Å². The van der Waals surface area contributed by atoms with E-state index in [1.807, 2.05) is 32.9 Å². The summed E-state index contributed by atoms with van der Waals surface area (Å²) in [7, 11) is 0. The van der Waals surface area contributed by atoms with Crippen molar-refractivity contribution >= 4 is 22.8 Å². The molecular weight excluding hydrogens is 262 g/mol. The van der Waals surface area contributed by atoms with Crippen LogP contribution in [0, 0.1) is 6.92 Å². The number of imidazole rings is 1. The van der Waals surface area contributed by atoms with Crippen LogP contribution < -0.4 is 0 Å². The molecule has 0 saturated carbocycles. The molecule has 0 atom stereocenters. The maximum atomic E-state index is 5.85. The first kappa shape index (κ1) is 14.3. The average molecular weight is 282 g/mol. The largest absolute Gasteiger partial charge is 0.377 e. The van der Waals surface area contributed by atoms with Crippen LogP contribution in [0.5, 0.6) is 0 Å². The van der Waals surface area contributed by atoms with Crippen LogP contribution >= 0.6 is 11.6 Å². The molecule has 4 nitrogen and oxygen atoms in total. The summed E-state index contributed by atoms with van der Waals surface area (Å²) < 4.78 is 7.74. The van der Waals surface area contributed by atoms with Gasteiger partial charge >= 0.3 is 0 Å². The van der Waals surface area contributed by atoms with Gasteiger partial charge < -0.3 is 9.30 Å². The maximum absolute atomic E-state index is 5.85. The minimum Gasteiger partial charge on any atom is -0.377 e. The van der Waals surface area contributed by atoms with Gasteiger partial charge in [-0.3, -0.25) is 0 Å². The van der Waals surface area contributed by atoms with Crippen LogP contribution in [0.15, 0.2) is 12.1 Å². The van der Waals surface area contributed by atoms with Crippen molar-refractivity contribution in [3.05, 3.63) is 23.7 Å². The molecule has 0 spiro atoms. The number of hydrogen-bond donors (Lipinski definition) is 0. The molecule has 0 aliphatic carbocycles. The molecule has 2 aromatic heterocycles. The molecular formula is C14H20ClN3O. The highest BCUT2D eigenvalue weighted by atomic mass is 35.5. The van der Waals surface area contributed by atoms with Gasteiger partial charge in [0.05, 0.1) is 12.7 Å². The van der Waals surface area contributed by atoms with Crippen LogP contribution in [0.1, 0.15) is 25.4 Å². The number of hydrogen-bond acceptors (Lipinski definition) is 3. The molecule has 5 heteroatoms. The molecule has 0 fully saturated rings. The van der Waals surface area contributed by atoms with Gasteiger partial charge in [-0.15, -0.1) is 11.6 Å². The zero-order valence-electron chi connectivity index (χ0n) is 11.7. The summed E-state index contributed by atoms with van der Waals surface area (Å²) in [5, 5.41) is 0. The highest BCUT2D eigenvalue weighted by Gasteiger charge is 2.11. The Kier molecular flexibility index (Phi) is 4.77. The second-order valence-electron chi connectivity index (χ2n) is 4.83. The van der Waals surface area contributed by atoms with Crippen LogP contribution in [0.4, 0.5) is 0 Å². The predicted molar refractivity (Wildman–Crippen MR) is 77.8 cm³/mol. The fraction of sp³-hybridized carbons (Fsp3) is 0.571. The highest BCUT2D eigenvalue weighted by molar-refractivity contribution is 6.17. The Balaban J connectivity index is 2.30. The van der Waals surface area contributed by atoms with Crippen molar-refractivity contribution < 1.29 is 4.74 Å². The normalized spacial score (nSPS) is 11.6. The summed E-state index contributed by atoms with van der Waals surface area (Å²) in [6.45, 7) is 7.48. The van der Waals surface area contributed by atoms with Gasteiger partial charge in [0.15, 0.2) is 5.65 Å². The van der Waals surface area contributed by atoms with Crippen molar-refractivity contribution in [2.24, 2.45) is 0 Å². The molecule has 0 unspecified atom stereocenters. The van der Waals surface area contributed by atoms with Gasteiger partial charge in [-0.05, 0) is 32.9 Å². The molecule has 0 aromatic carbocycles. The fourth-order valence-electron chi connectivity index (χ4n) is 2.03. The zero-order chi connectivity index (χ0) is 13.8. The zero-order valence-corrected chi connectivity index (χ0v) is 12.4. The highest BCUT2D eigenvalue weighted by Crippen LogP contribution is 2.16. The fourth-order valence-corrected chi connectivity index (χ4v) is 2.20. The van der Waals surface area contributed by atoms with E-state index in [0.717, 1.165) is 35.6 Å². The van der Waals surface area contributed by atoms with Crippen molar-refractivity contribution in [3.63, 3.8) is 0 Å². The Morgan fingerprint density at radius 2 is 2.11 bits per heavy atom. The number of rotatable bonds is 6. The third-order valence-corrected chi connectivity index (χ3v) is 3.08. The Morgan fingerprint density at radius 3 is 2.79 bits per heavy atom. The summed E-state index contributed by atoms with van der Waals surface area (Å²) in [6.07, 6.45) is 0.986. The summed E-state index contributed by atoms with van der Waals surface area (Å²) in [5.74, 6) is 1.54. The number of aromatic nitrogens is 3. The second kappa shape index (κ2) is 6.35. The van der Waals surface area contributed by atoms with Crippen molar-refractivity contribution in [2.45, 2.75) is 39.8 Å². The van der Waals surface area contributed by atoms with E-state index >= 15 is 0 Å². The number of ether oxygens (including phenoxy) is 1. The molecule has 0 amide bonds. The molecule has 0 radical (unpaired) electrons. The molecule has 0 aliphatic rings. The Morgan fingerprint density at radius 1 is 1.32 bits per heavy atom. The predicted octanol–water partition coefficient (Wildman–Crippen LogP) is 2.95. The maximum Gasteiger partial charge on any atom is 0.160 e. The van der Waals surface area contributed by atoms with Gasteiger partial charge in [-0.25, -0.2) is 9.97 Å². The van der Waals surface area contributed by atoms with E-state index in [-0.39, 0.29) is 6.10 Å². The first-order chi connectivity index (χ1) is 9.11. The quantitative estimate of drug-likeness (QED) is 0.764. The van der Waals surface area contributed by atoms with E-state index in [4.69, 9.17) is 16.3 Å². The number of halogens is 1. The molecule has 104 valence electrons. The van der Waals surface area contributed by atoms with E-state index < -0.39 is 0 Å². The second-order valence-corrected chi connectivity index (χ2v) is 5.21. The van der Waals surface area contributed by atoms with Gasteiger partial charge in [-0.2, -0.15) is 0 Å². The lowest BCUT2D eigenvalue weighted by molar-refractivity contribution is 0.0728. The van der Waals surface area contributed by atoms with Crippen molar-refractivity contribution in [2.75, 3.05) is 12.5 Å². The van der Waals surface area contributed by atoms with Crippen LogP contribution in [0.25, 0.3) is 11.2 Å². The molecule has 2 rings (SSSR count). The Labute approximate surface area is 118 Å². The van der Waals surface area contributed by atoms with E-state index in [1.54, 1.807) is 0 Å². The molecule has 19 heavy (non-hydrogen) atoms. The number of aryl methyl sites for hydroxylation is 2. The van der Waals surface area contributed by atoms with Crippen molar-refractivity contribution in [1.82, 2.24) is 14.5 Å². The van der Waals surface area contributed by atoms with Gasteiger partial charge in [-0.1, -0.05) is 0 Å². The number of nitrogens with zero attached hydrogens (tertiary/aromatic N) is 3. The van der Waals surface area contributed by atoms with E-state index in [1.165, 1.54) is 0 Å². The van der Waals surface area contributed by atoms with Crippen LogP contribution in [-0.4, -0.2) is 33.1 Å². The molecule has 2 aromatic rings. The van der Waals surface area contributed by atoms with Gasteiger partial charge in [0.25, 0.3) is 0 Å². The first-order valence-electron chi connectivity index (χ1n) is 6.62. The van der Waals surface area contributed by atoms with Gasteiger partial charge in [0.2, 0.25) is 0 Å². The Hall–Kier alpha value is -1.13. The van der Waals surface area contributed by atoms with Crippen molar-refractivity contribution in [1.29, 1.82) is 0 Å². The third-order valence-electron chi connectivity index (χ3n) is 2.89. The molecule has 0 saturated heterocycles. The first-order valence-corrected chi connectivity index (χ1v) is 7.15. The number of fused-ring (bicyclic) bond motifs is 1. The molecule has 0 bridgehead atoms. The lowest BCUT2D eigenvalue weighted by atomic mass is 10.3. The smallest absolute Gasteiger partial charge is 0.160 e. The number of pyridine rings is 1. The van der Waals surface area contributed by atoms with E-state index in [2.05, 4.69) is 14.5 Å². The average Bonchev–Trinajstić information content (AvgIpc) is 2.67. The van der Waals surface area contributed by atoms with Crippen LogP contribution in [-0.2, 0) is 17.7 Å². The molecule has 0 aliphatic heterocycles. The topological polar surface area (TPSA) is 39.9 Å². The number of alkyl halides is 1. The monoisotopic (exact) mass is 281 g/mol. The Bertz CT molecular complexity index is 551. The van der Waals surface area contributed by atoms with Crippen molar-refractivity contribution in [3.8, 4) is 0 Å².